The Kier molecular flexibility index (Phi) is 16.9. The van der Waals surface area contributed by atoms with E-state index < -0.39 is 0 Å². The average Bonchev–Trinajstić information content (AvgIpc) is 2.80. The molecule has 0 fully saturated rings. The van der Waals surface area contributed by atoms with Gasteiger partial charge in [-0.1, -0.05) is 144 Å². The molecule has 1 aromatic carbocycles. The predicted octanol–water partition coefficient (Wildman–Crippen LogP) is 9.19. The lowest BCUT2D eigenvalue weighted by Gasteiger charge is -2.11. The van der Waals surface area contributed by atoms with Gasteiger partial charge >= 0.3 is 5.97 Å². The minimum atomic E-state index is -0.373. The van der Waals surface area contributed by atoms with Gasteiger partial charge in [0, 0.05) is 6.08 Å². The first kappa shape index (κ1) is 28.2. The zero-order valence-corrected chi connectivity index (χ0v) is 20.8. The second-order valence-electron chi connectivity index (χ2n) is 8.35. The van der Waals surface area contributed by atoms with E-state index in [2.05, 4.69) is 39.0 Å². The number of rotatable bonds is 16. The minimum Gasteiger partial charge on any atom is -0.423 e. The van der Waals surface area contributed by atoms with Crippen molar-refractivity contribution in [1.29, 1.82) is 0 Å². The van der Waals surface area contributed by atoms with Crippen LogP contribution in [0.4, 0.5) is 0 Å². The van der Waals surface area contributed by atoms with Crippen LogP contribution in [0.5, 0.6) is 5.75 Å². The first-order valence-electron chi connectivity index (χ1n) is 12.5. The molecule has 0 radical (unpaired) electrons. The van der Waals surface area contributed by atoms with Crippen molar-refractivity contribution in [3.63, 3.8) is 0 Å². The van der Waals surface area contributed by atoms with Crippen molar-refractivity contribution in [3.8, 4) is 5.75 Å². The van der Waals surface area contributed by atoms with Gasteiger partial charge in [0.15, 0.2) is 0 Å². The van der Waals surface area contributed by atoms with Gasteiger partial charge in [-0.15, -0.1) is 0 Å². The topological polar surface area (TPSA) is 26.3 Å². The number of hydrogen-bond donors (Lipinski definition) is 0. The monoisotopic (exact) mass is 446 g/mol. The Bertz CT molecular complexity index is 819. The summed E-state index contributed by atoms with van der Waals surface area (Å²) >= 11 is 0. The highest BCUT2D eigenvalue weighted by molar-refractivity contribution is 5.84. The van der Waals surface area contributed by atoms with Gasteiger partial charge in [0.2, 0.25) is 0 Å². The first-order chi connectivity index (χ1) is 16.1. The fourth-order valence-electron chi connectivity index (χ4n) is 3.23. The fourth-order valence-corrected chi connectivity index (χ4v) is 3.23. The number of esters is 1. The highest BCUT2D eigenvalue weighted by atomic mass is 16.5. The Labute approximate surface area is 202 Å². The summed E-state index contributed by atoms with van der Waals surface area (Å²) in [5, 5.41) is 0. The van der Waals surface area contributed by atoms with E-state index >= 15 is 0 Å². The Morgan fingerprint density at radius 3 is 1.94 bits per heavy atom. The molecule has 0 aliphatic carbocycles. The van der Waals surface area contributed by atoms with Crippen LogP contribution in [0.1, 0.15) is 83.6 Å². The van der Waals surface area contributed by atoms with E-state index in [4.69, 9.17) is 4.74 Å². The van der Waals surface area contributed by atoms with Crippen molar-refractivity contribution in [1.82, 2.24) is 0 Å². The van der Waals surface area contributed by atoms with E-state index in [9.17, 15) is 4.79 Å². The summed E-state index contributed by atoms with van der Waals surface area (Å²) < 4.78 is 5.44. The van der Waals surface area contributed by atoms with Crippen LogP contribution >= 0.6 is 0 Å². The third-order valence-corrected chi connectivity index (χ3v) is 5.09. The molecule has 0 aliphatic rings. The number of para-hydroxylation sites is 1. The van der Waals surface area contributed by atoms with Crippen molar-refractivity contribution in [2.75, 3.05) is 0 Å². The summed E-state index contributed by atoms with van der Waals surface area (Å²) in [7, 11) is 0. The van der Waals surface area contributed by atoms with Gasteiger partial charge in [-0.3, -0.25) is 0 Å². The molecular formula is C31H42O2. The zero-order chi connectivity index (χ0) is 24.0. The molecule has 1 rings (SSSR count). The lowest BCUT2D eigenvalue weighted by molar-refractivity contribution is -0.129. The van der Waals surface area contributed by atoms with Crippen LogP contribution in [0.3, 0.4) is 0 Å². The molecule has 0 aromatic heterocycles. The number of ether oxygens (including phenoxy) is 1. The molecule has 0 spiro atoms. The second kappa shape index (κ2) is 19.8. The van der Waals surface area contributed by atoms with E-state index in [0.29, 0.717) is 11.7 Å². The van der Waals surface area contributed by atoms with Gasteiger partial charge in [0.05, 0.1) is 0 Å². The van der Waals surface area contributed by atoms with Crippen molar-refractivity contribution in [2.24, 2.45) is 0 Å². The number of carbonyl (C=O) groups is 1. The van der Waals surface area contributed by atoms with Crippen LogP contribution in [0.25, 0.3) is 0 Å². The second-order valence-corrected chi connectivity index (χ2v) is 8.35. The number of hydrogen-bond acceptors (Lipinski definition) is 2. The molecule has 1 aromatic rings. The molecule has 0 amide bonds. The highest BCUT2D eigenvalue weighted by Gasteiger charge is 2.09. The van der Waals surface area contributed by atoms with Crippen LogP contribution in [0.15, 0.2) is 97.2 Å². The maximum atomic E-state index is 12.0. The molecule has 2 nitrogen and oxygen atoms in total. The maximum Gasteiger partial charge on any atom is 0.336 e. The van der Waals surface area contributed by atoms with Gasteiger partial charge in [-0.2, -0.15) is 0 Å². The Morgan fingerprint density at radius 2 is 1.30 bits per heavy atom. The Morgan fingerprint density at radius 1 is 0.758 bits per heavy atom. The van der Waals surface area contributed by atoms with Crippen LogP contribution in [-0.2, 0) is 4.79 Å². The summed E-state index contributed by atoms with van der Waals surface area (Å²) in [5.74, 6) is 0.551. The van der Waals surface area contributed by atoms with E-state index in [1.54, 1.807) is 6.08 Å². The summed E-state index contributed by atoms with van der Waals surface area (Å²) in [5.41, 5.74) is 1.03. The molecule has 178 valence electrons. The first-order valence-corrected chi connectivity index (χ1v) is 12.5. The fraction of sp³-hybridized carbons (Fsp3) is 0.387. The summed E-state index contributed by atoms with van der Waals surface area (Å²) in [6.45, 7) is 6.42. The van der Waals surface area contributed by atoms with Crippen molar-refractivity contribution < 1.29 is 9.53 Å². The lowest BCUT2D eigenvalue weighted by atomic mass is 10.0. The van der Waals surface area contributed by atoms with E-state index in [1.165, 1.54) is 51.0 Å². The molecule has 33 heavy (non-hydrogen) atoms. The largest absolute Gasteiger partial charge is 0.423 e. The molecule has 2 heteroatoms. The van der Waals surface area contributed by atoms with Crippen molar-refractivity contribution in [2.45, 2.75) is 78.1 Å². The van der Waals surface area contributed by atoms with E-state index in [-0.39, 0.29) is 5.97 Å². The smallest absolute Gasteiger partial charge is 0.336 e. The standard InChI is InChI=1S/C31H42O2/c1-4-5-6-7-8-9-10-11-12-13-14-15-16-17-18-19-20-21-22-27-31(32)33-30-26-24-23-25-29(30)28(2)3/h12-28H,4-11H2,1-3H3. The molecule has 0 heterocycles. The highest BCUT2D eigenvalue weighted by Crippen LogP contribution is 2.25. The number of carbonyl (C=O) groups excluding carboxylic acids is 1. The Balaban J connectivity index is 2.18. The van der Waals surface area contributed by atoms with Gasteiger partial charge in [-0.25, -0.2) is 4.79 Å². The van der Waals surface area contributed by atoms with Crippen LogP contribution < -0.4 is 4.74 Å². The number of allylic oxidation sites excluding steroid dienone is 11. The molecule has 0 saturated heterocycles. The molecule has 0 unspecified atom stereocenters. The van der Waals surface area contributed by atoms with Gasteiger partial charge in [0.25, 0.3) is 0 Å². The number of benzene rings is 1. The zero-order valence-electron chi connectivity index (χ0n) is 20.8. The van der Waals surface area contributed by atoms with Gasteiger partial charge in [-0.05, 0) is 30.4 Å². The van der Waals surface area contributed by atoms with Crippen LogP contribution in [0, 0.1) is 0 Å². The summed E-state index contributed by atoms with van der Waals surface area (Å²) in [6, 6.07) is 7.64. The molecule has 0 bridgehead atoms. The molecular weight excluding hydrogens is 404 g/mol. The molecule has 0 aliphatic heterocycles. The van der Waals surface area contributed by atoms with Gasteiger partial charge in [0.1, 0.15) is 5.75 Å². The quantitative estimate of drug-likeness (QED) is 0.0831. The summed E-state index contributed by atoms with van der Waals surface area (Å²) in [6.07, 6.45) is 33.8. The number of unbranched alkanes of at least 4 members (excludes halogenated alkanes) is 7. The van der Waals surface area contributed by atoms with Crippen LogP contribution in [0.2, 0.25) is 0 Å². The van der Waals surface area contributed by atoms with Gasteiger partial charge < -0.3 is 4.74 Å². The van der Waals surface area contributed by atoms with Crippen molar-refractivity contribution >= 4 is 5.97 Å². The van der Waals surface area contributed by atoms with Crippen LogP contribution in [-0.4, -0.2) is 5.97 Å². The third kappa shape index (κ3) is 15.6. The molecule has 0 saturated carbocycles. The Hall–Kier alpha value is -2.87. The third-order valence-electron chi connectivity index (χ3n) is 5.09. The maximum absolute atomic E-state index is 12.0. The normalized spacial score (nSPS) is 12.7. The average molecular weight is 447 g/mol. The molecule has 0 N–H and O–H groups in total. The SMILES string of the molecule is CCCCCCCCCC=CC=CC=CC=CC=CC=CC(=O)Oc1ccccc1C(C)C. The summed E-state index contributed by atoms with van der Waals surface area (Å²) in [4.78, 5) is 12.0. The van der Waals surface area contributed by atoms with E-state index in [1.807, 2.05) is 66.8 Å². The van der Waals surface area contributed by atoms with E-state index in [0.717, 1.165) is 12.0 Å². The minimum absolute atomic E-state index is 0.303. The molecule has 0 atom stereocenters. The lowest BCUT2D eigenvalue weighted by Crippen LogP contribution is -2.06. The predicted molar refractivity (Wildman–Crippen MR) is 144 cm³/mol. The van der Waals surface area contributed by atoms with Crippen molar-refractivity contribution in [3.05, 3.63) is 103 Å².